The molecule has 0 bridgehead atoms. The molecule has 15 heavy (non-hydrogen) atoms. The van der Waals surface area contributed by atoms with Crippen molar-refractivity contribution in [3.8, 4) is 0 Å². The topological polar surface area (TPSA) is 50.9 Å². The van der Waals surface area contributed by atoms with Crippen LogP contribution in [0.15, 0.2) is 18.3 Å². The molecule has 3 nitrogen and oxygen atoms in total. The minimum atomic E-state index is 0.456. The Morgan fingerprint density at radius 1 is 1.60 bits per heavy atom. The summed E-state index contributed by atoms with van der Waals surface area (Å²) in [5, 5.41) is 3.44. The first kappa shape index (κ1) is 10.6. The van der Waals surface area contributed by atoms with Crippen LogP contribution in [0.25, 0.3) is 0 Å². The largest absolute Gasteiger partial charge is 0.384 e. The average molecular weight is 223 g/mol. The molecule has 1 aliphatic rings. The molecular formula is C11H17N3S. The number of nitrogens with two attached hydrogens (primary N) is 1. The van der Waals surface area contributed by atoms with Gasteiger partial charge in [-0.15, -0.1) is 0 Å². The SMILES string of the molecule is CSC1(CNc2ccnc(N)c2)CCC1. The zero-order valence-electron chi connectivity index (χ0n) is 8.99. The molecule has 1 heterocycles. The zero-order valence-corrected chi connectivity index (χ0v) is 9.81. The van der Waals surface area contributed by atoms with Gasteiger partial charge in [0.2, 0.25) is 0 Å². The third-order valence-corrected chi connectivity index (χ3v) is 4.51. The third-order valence-electron chi connectivity index (χ3n) is 3.09. The van der Waals surface area contributed by atoms with E-state index in [1.807, 2.05) is 23.9 Å². The van der Waals surface area contributed by atoms with Crippen LogP contribution in [0.4, 0.5) is 11.5 Å². The van der Waals surface area contributed by atoms with Crippen molar-refractivity contribution >= 4 is 23.3 Å². The van der Waals surface area contributed by atoms with Gasteiger partial charge in [-0.1, -0.05) is 6.42 Å². The lowest BCUT2D eigenvalue weighted by molar-refractivity contribution is 0.380. The van der Waals surface area contributed by atoms with Crippen molar-refractivity contribution in [3.63, 3.8) is 0 Å². The van der Waals surface area contributed by atoms with Crippen LogP contribution < -0.4 is 11.1 Å². The van der Waals surface area contributed by atoms with Crippen LogP contribution in [0, 0.1) is 0 Å². The number of nitrogen functional groups attached to an aromatic ring is 1. The highest BCUT2D eigenvalue weighted by atomic mass is 32.2. The van der Waals surface area contributed by atoms with Gasteiger partial charge in [0.15, 0.2) is 0 Å². The van der Waals surface area contributed by atoms with Crippen LogP contribution in [-0.2, 0) is 0 Å². The molecule has 0 aliphatic heterocycles. The van der Waals surface area contributed by atoms with Gasteiger partial charge in [0.05, 0.1) is 0 Å². The number of hydrogen-bond acceptors (Lipinski definition) is 4. The van der Waals surface area contributed by atoms with Gasteiger partial charge >= 0.3 is 0 Å². The third kappa shape index (κ3) is 2.37. The summed E-state index contributed by atoms with van der Waals surface area (Å²) in [4.78, 5) is 3.97. The van der Waals surface area contributed by atoms with Crippen molar-refractivity contribution in [1.82, 2.24) is 4.98 Å². The van der Waals surface area contributed by atoms with E-state index in [1.165, 1.54) is 19.3 Å². The average Bonchev–Trinajstić information content (AvgIpc) is 2.17. The number of hydrogen-bond donors (Lipinski definition) is 2. The summed E-state index contributed by atoms with van der Waals surface area (Å²) in [6.07, 6.45) is 7.94. The summed E-state index contributed by atoms with van der Waals surface area (Å²) < 4.78 is 0.456. The summed E-state index contributed by atoms with van der Waals surface area (Å²) in [7, 11) is 0. The number of pyridine rings is 1. The zero-order chi connectivity index (χ0) is 10.7. The second kappa shape index (κ2) is 4.31. The van der Waals surface area contributed by atoms with Gasteiger partial charge in [-0.05, 0) is 25.2 Å². The monoisotopic (exact) mass is 223 g/mol. The highest BCUT2D eigenvalue weighted by Crippen LogP contribution is 2.42. The van der Waals surface area contributed by atoms with Gasteiger partial charge in [-0.25, -0.2) is 4.98 Å². The summed E-state index contributed by atoms with van der Waals surface area (Å²) in [5.41, 5.74) is 6.69. The lowest BCUT2D eigenvalue weighted by Crippen LogP contribution is -2.40. The molecule has 0 unspecified atom stereocenters. The Morgan fingerprint density at radius 2 is 2.40 bits per heavy atom. The molecule has 0 atom stereocenters. The Labute approximate surface area is 94.8 Å². The van der Waals surface area contributed by atoms with Crippen LogP contribution in [0.2, 0.25) is 0 Å². The minimum Gasteiger partial charge on any atom is -0.384 e. The number of aromatic nitrogens is 1. The molecule has 1 saturated carbocycles. The standard InChI is InChI=1S/C11H17N3S/c1-15-11(4-2-5-11)8-14-9-3-6-13-10(12)7-9/h3,6-7H,2,4-5,8H2,1H3,(H3,12,13,14). The Hall–Kier alpha value is -0.900. The number of nitrogens with zero attached hydrogens (tertiary/aromatic N) is 1. The highest BCUT2D eigenvalue weighted by Gasteiger charge is 2.35. The molecular weight excluding hydrogens is 206 g/mol. The van der Waals surface area contributed by atoms with Crippen LogP contribution in [0.3, 0.4) is 0 Å². The molecule has 1 aromatic heterocycles. The van der Waals surface area contributed by atoms with E-state index in [0.29, 0.717) is 10.6 Å². The lowest BCUT2D eigenvalue weighted by atomic mass is 9.84. The molecule has 0 saturated heterocycles. The molecule has 1 aromatic rings. The predicted octanol–water partition coefficient (Wildman–Crippen LogP) is 2.36. The first-order valence-corrected chi connectivity index (χ1v) is 6.47. The van der Waals surface area contributed by atoms with Crippen molar-refractivity contribution < 1.29 is 0 Å². The number of thioether (sulfide) groups is 1. The number of nitrogens with one attached hydrogen (secondary N) is 1. The Morgan fingerprint density at radius 3 is 2.93 bits per heavy atom. The fraction of sp³-hybridized carbons (Fsp3) is 0.545. The maximum Gasteiger partial charge on any atom is 0.125 e. The highest BCUT2D eigenvalue weighted by molar-refractivity contribution is 8.00. The Kier molecular flexibility index (Phi) is 3.05. The quantitative estimate of drug-likeness (QED) is 0.822. The van der Waals surface area contributed by atoms with Gasteiger partial charge in [0, 0.05) is 29.2 Å². The molecule has 1 aliphatic carbocycles. The van der Waals surface area contributed by atoms with E-state index in [4.69, 9.17) is 5.73 Å². The summed E-state index contributed by atoms with van der Waals surface area (Å²) in [6.45, 7) is 1.03. The summed E-state index contributed by atoms with van der Waals surface area (Å²) in [6, 6.07) is 3.84. The normalized spacial score (nSPS) is 18.2. The van der Waals surface area contributed by atoms with Gasteiger partial charge in [0.1, 0.15) is 5.82 Å². The Balaban J connectivity index is 1.92. The van der Waals surface area contributed by atoms with Crippen LogP contribution in [0.5, 0.6) is 0 Å². The molecule has 82 valence electrons. The fourth-order valence-corrected chi connectivity index (χ4v) is 2.76. The van der Waals surface area contributed by atoms with E-state index in [9.17, 15) is 0 Å². The summed E-state index contributed by atoms with van der Waals surface area (Å²) in [5.74, 6) is 0.576. The molecule has 3 N–H and O–H groups in total. The molecule has 0 radical (unpaired) electrons. The van der Waals surface area contributed by atoms with Gasteiger partial charge in [-0.2, -0.15) is 11.8 Å². The molecule has 1 fully saturated rings. The maximum absolute atomic E-state index is 5.62. The molecule has 2 rings (SSSR count). The maximum atomic E-state index is 5.62. The number of anilines is 2. The molecule has 0 spiro atoms. The second-order valence-electron chi connectivity index (χ2n) is 4.06. The predicted molar refractivity (Wildman–Crippen MR) is 67.2 cm³/mol. The van der Waals surface area contributed by atoms with Crippen molar-refractivity contribution in [2.75, 3.05) is 23.9 Å². The number of rotatable bonds is 4. The second-order valence-corrected chi connectivity index (χ2v) is 5.34. The first-order chi connectivity index (χ1) is 7.24. The first-order valence-electron chi connectivity index (χ1n) is 5.25. The van der Waals surface area contributed by atoms with Crippen molar-refractivity contribution in [1.29, 1.82) is 0 Å². The molecule has 4 heteroatoms. The van der Waals surface area contributed by atoms with Crippen molar-refractivity contribution in [2.45, 2.75) is 24.0 Å². The van der Waals surface area contributed by atoms with E-state index < -0.39 is 0 Å². The van der Waals surface area contributed by atoms with Crippen molar-refractivity contribution in [3.05, 3.63) is 18.3 Å². The Bertz CT molecular complexity index is 331. The van der Waals surface area contributed by atoms with Crippen LogP contribution in [-0.4, -0.2) is 22.5 Å². The van der Waals surface area contributed by atoms with E-state index >= 15 is 0 Å². The van der Waals surface area contributed by atoms with E-state index in [2.05, 4.69) is 16.6 Å². The van der Waals surface area contributed by atoms with Gasteiger partial charge in [-0.3, -0.25) is 0 Å². The van der Waals surface area contributed by atoms with E-state index in [-0.39, 0.29) is 0 Å². The summed E-state index contributed by atoms with van der Waals surface area (Å²) >= 11 is 1.97. The van der Waals surface area contributed by atoms with Crippen molar-refractivity contribution in [2.24, 2.45) is 0 Å². The molecule has 0 amide bonds. The smallest absolute Gasteiger partial charge is 0.125 e. The fourth-order valence-electron chi connectivity index (χ4n) is 1.85. The minimum absolute atomic E-state index is 0.456. The van der Waals surface area contributed by atoms with E-state index in [1.54, 1.807) is 6.20 Å². The lowest BCUT2D eigenvalue weighted by Gasteiger charge is -2.40. The van der Waals surface area contributed by atoms with Crippen LogP contribution in [0.1, 0.15) is 19.3 Å². The van der Waals surface area contributed by atoms with Crippen LogP contribution >= 0.6 is 11.8 Å². The molecule has 0 aromatic carbocycles. The van der Waals surface area contributed by atoms with Gasteiger partial charge in [0.25, 0.3) is 0 Å². The van der Waals surface area contributed by atoms with E-state index in [0.717, 1.165) is 12.2 Å². The van der Waals surface area contributed by atoms with Gasteiger partial charge < -0.3 is 11.1 Å².